The zero-order valence-electron chi connectivity index (χ0n) is 9.75. The van der Waals surface area contributed by atoms with Crippen LogP contribution in [0.15, 0.2) is 29.2 Å². The molecule has 1 aromatic carbocycles. The van der Waals surface area contributed by atoms with Gasteiger partial charge in [0.2, 0.25) is 10.0 Å². The highest BCUT2D eigenvalue weighted by atomic mass is 32.2. The maximum absolute atomic E-state index is 12.1. The van der Waals surface area contributed by atoms with E-state index in [1.54, 1.807) is 19.1 Å². The molecule has 0 bridgehead atoms. The first-order valence-corrected chi connectivity index (χ1v) is 6.51. The van der Waals surface area contributed by atoms with Crippen LogP contribution in [0.5, 0.6) is 5.75 Å². The van der Waals surface area contributed by atoms with Crippen LogP contribution in [0.2, 0.25) is 0 Å². The van der Waals surface area contributed by atoms with Crippen molar-refractivity contribution in [2.45, 2.75) is 11.8 Å². The molecule has 0 aromatic heterocycles. The standard InChI is InChI=1S/C11H14N2O3S/c1-3-13(9-8-12)17(14,15)11-6-4-10(16-2)5-7-11/h4-7H,3,9H2,1-2H3. The maximum Gasteiger partial charge on any atom is 0.244 e. The predicted molar refractivity (Wildman–Crippen MR) is 63.0 cm³/mol. The van der Waals surface area contributed by atoms with Gasteiger partial charge in [0, 0.05) is 6.54 Å². The molecular weight excluding hydrogens is 240 g/mol. The molecule has 0 spiro atoms. The van der Waals surface area contributed by atoms with Gasteiger partial charge in [-0.15, -0.1) is 0 Å². The Morgan fingerprint density at radius 1 is 1.35 bits per heavy atom. The van der Waals surface area contributed by atoms with Gasteiger partial charge in [0.15, 0.2) is 0 Å². The average Bonchev–Trinajstić information content (AvgIpc) is 2.35. The van der Waals surface area contributed by atoms with E-state index < -0.39 is 10.0 Å². The molecule has 0 N–H and O–H groups in total. The molecule has 0 fully saturated rings. The lowest BCUT2D eigenvalue weighted by Crippen LogP contribution is -2.31. The topological polar surface area (TPSA) is 70.4 Å². The van der Waals surface area contributed by atoms with Gasteiger partial charge in [0.1, 0.15) is 12.3 Å². The Bertz CT molecular complexity index is 503. The molecule has 0 saturated carbocycles. The lowest BCUT2D eigenvalue weighted by Gasteiger charge is -2.17. The Morgan fingerprint density at radius 3 is 2.35 bits per heavy atom. The zero-order valence-corrected chi connectivity index (χ0v) is 10.6. The fraction of sp³-hybridized carbons (Fsp3) is 0.364. The van der Waals surface area contributed by atoms with E-state index in [9.17, 15) is 8.42 Å². The van der Waals surface area contributed by atoms with Crippen LogP contribution in [0.25, 0.3) is 0 Å². The van der Waals surface area contributed by atoms with E-state index in [2.05, 4.69) is 0 Å². The Labute approximate surface area is 101 Å². The van der Waals surface area contributed by atoms with Crippen molar-refractivity contribution in [3.05, 3.63) is 24.3 Å². The molecule has 6 heteroatoms. The number of benzene rings is 1. The number of hydrogen-bond acceptors (Lipinski definition) is 4. The van der Waals surface area contributed by atoms with Crippen molar-refractivity contribution in [3.63, 3.8) is 0 Å². The largest absolute Gasteiger partial charge is 0.497 e. The Morgan fingerprint density at radius 2 is 1.94 bits per heavy atom. The third-order valence-corrected chi connectivity index (χ3v) is 4.23. The van der Waals surface area contributed by atoms with Gasteiger partial charge in [-0.05, 0) is 24.3 Å². The van der Waals surface area contributed by atoms with Crippen LogP contribution in [0, 0.1) is 11.3 Å². The molecule has 0 atom stereocenters. The van der Waals surface area contributed by atoms with Crippen molar-refractivity contribution in [1.29, 1.82) is 5.26 Å². The first kappa shape index (κ1) is 13.5. The number of nitriles is 1. The minimum atomic E-state index is -3.58. The molecule has 1 rings (SSSR count). The second-order valence-corrected chi connectivity index (χ2v) is 5.20. The molecule has 0 saturated heterocycles. The van der Waals surface area contributed by atoms with Gasteiger partial charge < -0.3 is 4.74 Å². The fourth-order valence-electron chi connectivity index (χ4n) is 1.34. The summed E-state index contributed by atoms with van der Waals surface area (Å²) in [5.41, 5.74) is 0. The van der Waals surface area contributed by atoms with E-state index in [1.807, 2.05) is 6.07 Å². The molecule has 0 radical (unpaired) electrons. The second-order valence-electron chi connectivity index (χ2n) is 3.26. The number of methoxy groups -OCH3 is 1. The molecule has 0 amide bonds. The van der Waals surface area contributed by atoms with Gasteiger partial charge in [-0.25, -0.2) is 8.42 Å². The molecule has 0 aliphatic rings. The third kappa shape index (κ3) is 2.96. The van der Waals surface area contributed by atoms with E-state index in [1.165, 1.54) is 19.2 Å². The number of sulfonamides is 1. The summed E-state index contributed by atoms with van der Waals surface area (Å²) in [5.74, 6) is 0.590. The van der Waals surface area contributed by atoms with E-state index in [0.717, 1.165) is 4.31 Å². The summed E-state index contributed by atoms with van der Waals surface area (Å²) in [6.07, 6.45) is 0. The van der Waals surface area contributed by atoms with Crippen LogP contribution in [0.4, 0.5) is 0 Å². The van der Waals surface area contributed by atoms with Gasteiger partial charge in [-0.2, -0.15) is 9.57 Å². The van der Waals surface area contributed by atoms with Crippen molar-refractivity contribution < 1.29 is 13.2 Å². The molecule has 17 heavy (non-hydrogen) atoms. The summed E-state index contributed by atoms with van der Waals surface area (Å²) < 4.78 is 30.2. The van der Waals surface area contributed by atoms with Crippen molar-refractivity contribution in [1.82, 2.24) is 4.31 Å². The predicted octanol–water partition coefficient (Wildman–Crippen LogP) is 1.23. The number of ether oxygens (including phenoxy) is 1. The molecule has 0 unspecified atom stereocenters. The van der Waals surface area contributed by atoms with Crippen molar-refractivity contribution in [2.24, 2.45) is 0 Å². The van der Waals surface area contributed by atoms with Crippen LogP contribution in [-0.2, 0) is 10.0 Å². The van der Waals surface area contributed by atoms with E-state index >= 15 is 0 Å². The third-order valence-electron chi connectivity index (χ3n) is 2.30. The maximum atomic E-state index is 12.1. The van der Waals surface area contributed by atoms with Gasteiger partial charge in [0.25, 0.3) is 0 Å². The Kier molecular flexibility index (Phi) is 4.49. The first-order valence-electron chi connectivity index (χ1n) is 5.07. The van der Waals surface area contributed by atoms with Gasteiger partial charge in [-0.1, -0.05) is 6.92 Å². The van der Waals surface area contributed by atoms with Gasteiger partial charge in [-0.3, -0.25) is 0 Å². The molecule has 0 aliphatic carbocycles. The molecule has 0 aliphatic heterocycles. The van der Waals surface area contributed by atoms with Crippen molar-refractivity contribution >= 4 is 10.0 Å². The molecule has 92 valence electrons. The lowest BCUT2D eigenvalue weighted by molar-refractivity contribution is 0.414. The fourth-order valence-corrected chi connectivity index (χ4v) is 2.69. The summed E-state index contributed by atoms with van der Waals surface area (Å²) in [7, 11) is -2.07. The monoisotopic (exact) mass is 254 g/mol. The summed E-state index contributed by atoms with van der Waals surface area (Å²) in [6.45, 7) is 1.81. The summed E-state index contributed by atoms with van der Waals surface area (Å²) in [4.78, 5) is 0.162. The van der Waals surface area contributed by atoms with Crippen LogP contribution in [0.1, 0.15) is 6.92 Å². The minimum absolute atomic E-state index is 0.148. The van der Waals surface area contributed by atoms with Gasteiger partial charge in [0.05, 0.1) is 18.1 Å². The van der Waals surface area contributed by atoms with E-state index in [0.29, 0.717) is 5.75 Å². The first-order chi connectivity index (χ1) is 8.06. The molecule has 5 nitrogen and oxygen atoms in total. The molecule has 1 aromatic rings. The van der Waals surface area contributed by atoms with Crippen molar-refractivity contribution in [3.8, 4) is 11.8 Å². The minimum Gasteiger partial charge on any atom is -0.497 e. The highest BCUT2D eigenvalue weighted by Gasteiger charge is 2.22. The smallest absolute Gasteiger partial charge is 0.244 e. The van der Waals surface area contributed by atoms with Crippen LogP contribution >= 0.6 is 0 Å². The SMILES string of the molecule is CCN(CC#N)S(=O)(=O)c1ccc(OC)cc1. The van der Waals surface area contributed by atoms with Crippen LogP contribution in [-0.4, -0.2) is 32.9 Å². The zero-order chi connectivity index (χ0) is 12.9. The van der Waals surface area contributed by atoms with Gasteiger partial charge >= 0.3 is 0 Å². The number of hydrogen-bond donors (Lipinski definition) is 0. The van der Waals surface area contributed by atoms with E-state index in [4.69, 9.17) is 10.00 Å². The highest BCUT2D eigenvalue weighted by Crippen LogP contribution is 2.18. The highest BCUT2D eigenvalue weighted by molar-refractivity contribution is 7.89. The van der Waals surface area contributed by atoms with E-state index in [-0.39, 0.29) is 18.0 Å². The lowest BCUT2D eigenvalue weighted by atomic mass is 10.3. The second kappa shape index (κ2) is 5.66. The summed E-state index contributed by atoms with van der Waals surface area (Å²) in [5, 5.41) is 8.58. The average molecular weight is 254 g/mol. The summed E-state index contributed by atoms with van der Waals surface area (Å²) in [6, 6.07) is 7.93. The van der Waals surface area contributed by atoms with Crippen LogP contribution < -0.4 is 4.74 Å². The van der Waals surface area contributed by atoms with Crippen LogP contribution in [0.3, 0.4) is 0 Å². The normalized spacial score (nSPS) is 11.2. The molecular formula is C11H14N2O3S. The molecule has 0 heterocycles. The number of nitrogens with zero attached hydrogens (tertiary/aromatic N) is 2. The summed E-state index contributed by atoms with van der Waals surface area (Å²) >= 11 is 0. The Hall–Kier alpha value is -1.58. The van der Waals surface area contributed by atoms with Crippen molar-refractivity contribution in [2.75, 3.05) is 20.2 Å². The number of rotatable bonds is 5. The Balaban J connectivity index is 3.08. The quantitative estimate of drug-likeness (QED) is 0.741.